The Hall–Kier alpha value is -2.54. The lowest BCUT2D eigenvalue weighted by atomic mass is 10.1. The maximum atomic E-state index is 12.8. The van der Waals surface area contributed by atoms with Crippen LogP contribution in [0.2, 0.25) is 0 Å². The maximum Gasteiger partial charge on any atom is 0.412 e. The molecule has 0 aromatic heterocycles. The summed E-state index contributed by atoms with van der Waals surface area (Å²) in [6.07, 6.45) is -0.568. The molecule has 0 fully saturated rings. The van der Waals surface area contributed by atoms with Crippen molar-refractivity contribution >= 4 is 27.5 Å². The average Bonchev–Trinajstić information content (AvgIpc) is 2.45. The molecule has 6 nitrogen and oxygen atoms in total. The lowest BCUT2D eigenvalue weighted by Crippen LogP contribution is -2.27. The highest BCUT2D eigenvalue weighted by Gasteiger charge is 2.20. The summed E-state index contributed by atoms with van der Waals surface area (Å²) in [7, 11) is -3.71. The van der Waals surface area contributed by atoms with Crippen LogP contribution >= 0.6 is 0 Å². The molecule has 0 aliphatic carbocycles. The molecule has 7 heteroatoms. The highest BCUT2D eigenvalue weighted by atomic mass is 32.2. The normalized spacial score (nSPS) is 11.8. The molecule has 0 spiro atoms. The molecule has 2 N–H and O–H groups in total. The third-order valence-electron chi connectivity index (χ3n) is 3.66. The summed E-state index contributed by atoms with van der Waals surface area (Å²) < 4.78 is 33.3. The molecular weight excluding hydrogens is 364 g/mol. The number of amides is 1. The van der Waals surface area contributed by atoms with Crippen molar-refractivity contribution < 1.29 is 17.9 Å². The van der Waals surface area contributed by atoms with E-state index in [1.54, 1.807) is 58.9 Å². The molecule has 1 amide bonds. The van der Waals surface area contributed by atoms with Gasteiger partial charge in [-0.1, -0.05) is 17.7 Å². The Bertz CT molecular complexity index is 920. The van der Waals surface area contributed by atoms with Crippen molar-refractivity contribution in [2.75, 3.05) is 10.0 Å². The van der Waals surface area contributed by atoms with E-state index in [-0.39, 0.29) is 4.90 Å². The van der Waals surface area contributed by atoms with Gasteiger partial charge in [0.15, 0.2) is 0 Å². The van der Waals surface area contributed by atoms with Crippen LogP contribution in [0.15, 0.2) is 41.3 Å². The third-order valence-corrected chi connectivity index (χ3v) is 5.34. The van der Waals surface area contributed by atoms with Gasteiger partial charge in [0, 0.05) is 11.4 Å². The quantitative estimate of drug-likeness (QED) is 0.788. The molecule has 2 aromatic rings. The number of sulfonamides is 1. The zero-order valence-electron chi connectivity index (χ0n) is 16.5. The van der Waals surface area contributed by atoms with Gasteiger partial charge >= 0.3 is 6.09 Å². The number of carbonyl (C=O) groups excluding carboxylic acids is 1. The van der Waals surface area contributed by atoms with Crippen LogP contribution in [0.3, 0.4) is 0 Å². The molecule has 2 aromatic carbocycles. The van der Waals surface area contributed by atoms with Crippen LogP contribution in [-0.2, 0) is 14.8 Å². The molecule has 0 saturated carbocycles. The Morgan fingerprint density at radius 3 is 1.89 bits per heavy atom. The van der Waals surface area contributed by atoms with Crippen LogP contribution in [0.4, 0.5) is 16.2 Å². The molecule has 0 bridgehead atoms. The monoisotopic (exact) mass is 390 g/mol. The molecule has 146 valence electrons. The maximum absolute atomic E-state index is 12.8. The van der Waals surface area contributed by atoms with Crippen LogP contribution < -0.4 is 10.0 Å². The smallest absolute Gasteiger partial charge is 0.412 e. The van der Waals surface area contributed by atoms with E-state index in [0.717, 1.165) is 5.56 Å². The molecule has 0 atom stereocenters. The van der Waals surface area contributed by atoms with Crippen molar-refractivity contribution in [3.63, 3.8) is 0 Å². The second-order valence-corrected chi connectivity index (χ2v) is 9.16. The number of hydrogen-bond donors (Lipinski definition) is 2. The van der Waals surface area contributed by atoms with Crippen molar-refractivity contribution in [2.45, 2.75) is 52.0 Å². The van der Waals surface area contributed by atoms with E-state index >= 15 is 0 Å². The predicted molar refractivity (Wildman–Crippen MR) is 108 cm³/mol. The third kappa shape index (κ3) is 5.72. The second-order valence-electron chi connectivity index (χ2n) is 7.54. The van der Waals surface area contributed by atoms with E-state index < -0.39 is 21.7 Å². The van der Waals surface area contributed by atoms with Gasteiger partial charge in [0.25, 0.3) is 10.0 Å². The predicted octanol–water partition coefficient (Wildman–Crippen LogP) is 4.76. The number of nitrogens with one attached hydrogen (secondary N) is 2. The van der Waals surface area contributed by atoms with E-state index in [2.05, 4.69) is 10.0 Å². The molecule has 0 aliphatic rings. The van der Waals surface area contributed by atoms with Crippen molar-refractivity contribution in [1.82, 2.24) is 0 Å². The first-order chi connectivity index (χ1) is 12.4. The summed E-state index contributed by atoms with van der Waals surface area (Å²) in [6, 6.07) is 10.1. The van der Waals surface area contributed by atoms with Crippen LogP contribution in [0, 0.1) is 20.8 Å². The average molecular weight is 391 g/mol. The fourth-order valence-corrected chi connectivity index (χ4v) is 4.35. The molecular formula is C20H26N2O4S. The lowest BCUT2D eigenvalue weighted by Gasteiger charge is -2.19. The first-order valence-electron chi connectivity index (χ1n) is 8.58. The van der Waals surface area contributed by atoms with E-state index in [1.165, 1.54) is 0 Å². The number of rotatable bonds is 4. The molecule has 0 aliphatic heterocycles. The van der Waals surface area contributed by atoms with Crippen molar-refractivity contribution in [1.29, 1.82) is 0 Å². The Morgan fingerprint density at radius 2 is 1.41 bits per heavy atom. The molecule has 27 heavy (non-hydrogen) atoms. The van der Waals surface area contributed by atoms with Gasteiger partial charge in [0.1, 0.15) is 5.60 Å². The van der Waals surface area contributed by atoms with Crippen LogP contribution in [0.1, 0.15) is 37.5 Å². The summed E-state index contributed by atoms with van der Waals surface area (Å²) >= 11 is 0. The minimum atomic E-state index is -3.71. The number of ether oxygens (including phenoxy) is 1. The highest BCUT2D eigenvalue weighted by Crippen LogP contribution is 2.25. The Kier molecular flexibility index (Phi) is 5.85. The number of hydrogen-bond acceptors (Lipinski definition) is 4. The zero-order valence-corrected chi connectivity index (χ0v) is 17.3. The first-order valence-corrected chi connectivity index (χ1v) is 10.1. The fraction of sp³-hybridized carbons (Fsp3) is 0.350. The Morgan fingerprint density at radius 1 is 0.926 bits per heavy atom. The minimum absolute atomic E-state index is 0.282. The number of benzene rings is 2. The molecule has 0 heterocycles. The van der Waals surface area contributed by atoms with Crippen LogP contribution in [0.25, 0.3) is 0 Å². The molecule has 0 radical (unpaired) electrons. The fourth-order valence-electron chi connectivity index (χ4n) is 2.84. The van der Waals surface area contributed by atoms with Gasteiger partial charge in [0.05, 0.1) is 4.90 Å². The van der Waals surface area contributed by atoms with E-state index in [9.17, 15) is 13.2 Å². The molecule has 0 unspecified atom stereocenters. The van der Waals surface area contributed by atoms with Gasteiger partial charge in [-0.3, -0.25) is 10.0 Å². The second kappa shape index (κ2) is 7.60. The van der Waals surface area contributed by atoms with Gasteiger partial charge in [-0.15, -0.1) is 0 Å². The van der Waals surface area contributed by atoms with Gasteiger partial charge in [0.2, 0.25) is 0 Å². The Balaban J connectivity index is 2.16. The number of carbonyl (C=O) groups is 1. The van der Waals surface area contributed by atoms with Gasteiger partial charge in [-0.25, -0.2) is 13.2 Å². The minimum Gasteiger partial charge on any atom is -0.444 e. The number of aryl methyl sites for hydroxylation is 3. The van der Waals surface area contributed by atoms with E-state index in [0.29, 0.717) is 22.5 Å². The highest BCUT2D eigenvalue weighted by molar-refractivity contribution is 7.92. The van der Waals surface area contributed by atoms with Crippen molar-refractivity contribution in [3.8, 4) is 0 Å². The van der Waals surface area contributed by atoms with E-state index in [4.69, 9.17) is 4.74 Å². The topological polar surface area (TPSA) is 84.5 Å². The largest absolute Gasteiger partial charge is 0.444 e. The summed E-state index contributed by atoms with van der Waals surface area (Å²) in [5, 5.41) is 2.61. The summed E-state index contributed by atoms with van der Waals surface area (Å²) in [5.74, 6) is 0. The van der Waals surface area contributed by atoms with Gasteiger partial charge in [-0.2, -0.15) is 0 Å². The standard InChI is InChI=1S/C20H26N2O4S/c1-13-11-14(2)18(15(3)12-13)27(24,25)22-17-9-7-16(8-10-17)21-19(23)26-20(4,5)6/h7-12,22H,1-6H3,(H,21,23). The van der Waals surface area contributed by atoms with Crippen molar-refractivity contribution in [3.05, 3.63) is 53.1 Å². The van der Waals surface area contributed by atoms with E-state index in [1.807, 2.05) is 19.1 Å². The van der Waals surface area contributed by atoms with Crippen LogP contribution in [0.5, 0.6) is 0 Å². The lowest BCUT2D eigenvalue weighted by molar-refractivity contribution is 0.0636. The number of anilines is 2. The molecule has 2 rings (SSSR count). The summed E-state index contributed by atoms with van der Waals surface area (Å²) in [5.41, 5.74) is 2.73. The zero-order chi connectivity index (χ0) is 20.4. The van der Waals surface area contributed by atoms with Crippen molar-refractivity contribution in [2.24, 2.45) is 0 Å². The molecule has 0 saturated heterocycles. The summed E-state index contributed by atoms with van der Waals surface area (Å²) in [6.45, 7) is 10.8. The van der Waals surface area contributed by atoms with Gasteiger partial charge in [-0.05, 0) is 76.9 Å². The van der Waals surface area contributed by atoms with Gasteiger partial charge < -0.3 is 4.74 Å². The summed E-state index contributed by atoms with van der Waals surface area (Å²) in [4.78, 5) is 12.1. The van der Waals surface area contributed by atoms with Crippen LogP contribution in [-0.4, -0.2) is 20.1 Å². The first kappa shape index (κ1) is 20.8. The Labute approximate surface area is 161 Å². The SMILES string of the molecule is Cc1cc(C)c(S(=O)(=O)Nc2ccc(NC(=O)OC(C)(C)C)cc2)c(C)c1.